The standard InChI is InChI=1S/C22H29NO3S/c1-23(12-18-13-25-19-4-2-3-5-20(19)26-18)21(24)14-27-22-9-15-6-16(10-22)8-17(7-15)11-22/h2-5,15-18H,6-14H2,1H3/t15?,16?,17?,18-,22?/m1/s1. The highest BCUT2D eigenvalue weighted by molar-refractivity contribution is 8.01. The molecule has 1 atom stereocenters. The number of benzene rings is 1. The molecular formula is C22H29NO3S. The average molecular weight is 388 g/mol. The molecule has 1 amide bonds. The summed E-state index contributed by atoms with van der Waals surface area (Å²) in [4.78, 5) is 14.6. The zero-order valence-electron chi connectivity index (χ0n) is 16.1. The van der Waals surface area contributed by atoms with E-state index >= 15 is 0 Å². The third kappa shape index (κ3) is 3.55. The molecule has 6 rings (SSSR count). The Bertz CT molecular complexity index is 686. The molecule has 4 fully saturated rings. The van der Waals surface area contributed by atoms with Gasteiger partial charge in [-0.1, -0.05) is 12.1 Å². The Balaban J connectivity index is 1.14. The highest BCUT2D eigenvalue weighted by Crippen LogP contribution is 2.60. The highest BCUT2D eigenvalue weighted by Gasteiger charge is 2.51. The molecule has 4 nitrogen and oxygen atoms in total. The van der Waals surface area contributed by atoms with Crippen molar-refractivity contribution >= 4 is 17.7 Å². The number of carbonyl (C=O) groups is 1. The molecule has 0 radical (unpaired) electrons. The number of thioether (sulfide) groups is 1. The van der Waals surface area contributed by atoms with E-state index in [4.69, 9.17) is 9.47 Å². The van der Waals surface area contributed by atoms with Gasteiger partial charge in [-0.15, -0.1) is 11.8 Å². The molecule has 5 aliphatic rings. The van der Waals surface area contributed by atoms with Gasteiger partial charge in [0, 0.05) is 11.8 Å². The third-order valence-corrected chi connectivity index (χ3v) is 8.46. The summed E-state index contributed by atoms with van der Waals surface area (Å²) >= 11 is 1.96. The number of hydrogen-bond acceptors (Lipinski definition) is 4. The molecule has 0 aromatic heterocycles. The normalized spacial score (nSPS) is 35.9. The van der Waals surface area contributed by atoms with E-state index in [0.717, 1.165) is 29.3 Å². The predicted molar refractivity (Wildman–Crippen MR) is 107 cm³/mol. The molecule has 1 aliphatic heterocycles. The van der Waals surface area contributed by atoms with E-state index < -0.39 is 0 Å². The van der Waals surface area contributed by atoms with Crippen LogP contribution in [0.3, 0.4) is 0 Å². The van der Waals surface area contributed by atoms with Gasteiger partial charge in [-0.3, -0.25) is 4.79 Å². The van der Waals surface area contributed by atoms with Crippen LogP contribution in [0.1, 0.15) is 38.5 Å². The first-order chi connectivity index (χ1) is 13.1. The van der Waals surface area contributed by atoms with E-state index in [0.29, 0.717) is 23.7 Å². The summed E-state index contributed by atoms with van der Waals surface area (Å²) in [5.74, 6) is 5.20. The Labute approximate surface area is 166 Å². The monoisotopic (exact) mass is 387 g/mol. The Kier molecular flexibility index (Phi) is 4.53. The van der Waals surface area contributed by atoms with E-state index in [-0.39, 0.29) is 12.0 Å². The first-order valence-corrected chi connectivity index (χ1v) is 11.3. The molecule has 4 bridgehead atoms. The highest BCUT2D eigenvalue weighted by atomic mass is 32.2. The van der Waals surface area contributed by atoms with E-state index in [1.54, 1.807) is 0 Å². The number of fused-ring (bicyclic) bond motifs is 1. The quantitative estimate of drug-likeness (QED) is 0.766. The van der Waals surface area contributed by atoms with Gasteiger partial charge in [-0.2, -0.15) is 0 Å². The van der Waals surface area contributed by atoms with Crippen molar-refractivity contribution < 1.29 is 14.3 Å². The van der Waals surface area contributed by atoms with Gasteiger partial charge in [0.2, 0.25) is 5.91 Å². The van der Waals surface area contributed by atoms with Crippen LogP contribution in [0.15, 0.2) is 24.3 Å². The maximum atomic E-state index is 12.8. The average Bonchev–Trinajstić information content (AvgIpc) is 2.65. The predicted octanol–water partition coefficient (Wildman–Crippen LogP) is 3.99. The van der Waals surface area contributed by atoms with Crippen LogP contribution in [-0.4, -0.2) is 47.6 Å². The van der Waals surface area contributed by atoms with Crippen molar-refractivity contribution in [2.24, 2.45) is 17.8 Å². The molecular weight excluding hydrogens is 358 g/mol. The second-order valence-electron chi connectivity index (χ2n) is 9.16. The molecule has 0 unspecified atom stereocenters. The molecule has 146 valence electrons. The van der Waals surface area contributed by atoms with Gasteiger partial charge >= 0.3 is 0 Å². The van der Waals surface area contributed by atoms with Crippen LogP contribution in [0, 0.1) is 17.8 Å². The van der Waals surface area contributed by atoms with Crippen LogP contribution in [-0.2, 0) is 4.79 Å². The van der Waals surface area contributed by atoms with E-state index in [1.807, 2.05) is 48.0 Å². The van der Waals surface area contributed by atoms with Crippen molar-refractivity contribution in [3.8, 4) is 11.5 Å². The lowest BCUT2D eigenvalue weighted by Gasteiger charge is -2.56. The van der Waals surface area contributed by atoms with Gasteiger partial charge in [0.15, 0.2) is 17.6 Å². The lowest BCUT2D eigenvalue weighted by molar-refractivity contribution is -0.128. The number of amides is 1. The number of rotatable bonds is 5. The summed E-state index contributed by atoms with van der Waals surface area (Å²) in [5, 5.41) is 0. The first kappa shape index (κ1) is 17.7. The molecule has 27 heavy (non-hydrogen) atoms. The summed E-state index contributed by atoms with van der Waals surface area (Å²) in [6, 6.07) is 7.73. The molecule has 4 saturated carbocycles. The summed E-state index contributed by atoms with van der Waals surface area (Å²) in [6.07, 6.45) is 8.29. The van der Waals surface area contributed by atoms with Gasteiger partial charge in [0.1, 0.15) is 6.61 Å². The van der Waals surface area contributed by atoms with Crippen molar-refractivity contribution in [3.63, 3.8) is 0 Å². The second-order valence-corrected chi connectivity index (χ2v) is 10.6. The molecule has 1 aromatic carbocycles. The SMILES string of the molecule is CN(C[C@@H]1COc2ccccc2O1)C(=O)CSC12CC3CC(CC(C3)C1)C2. The number of para-hydroxylation sites is 2. The fourth-order valence-electron chi connectivity index (χ4n) is 6.09. The molecule has 5 heteroatoms. The Morgan fingerprint density at radius 1 is 1.11 bits per heavy atom. The number of nitrogens with zero attached hydrogens (tertiary/aromatic N) is 1. The number of hydrogen-bond donors (Lipinski definition) is 0. The van der Waals surface area contributed by atoms with E-state index in [9.17, 15) is 4.79 Å². The third-order valence-electron chi connectivity index (χ3n) is 6.95. The molecule has 0 spiro atoms. The van der Waals surface area contributed by atoms with Crippen molar-refractivity contribution in [2.75, 3.05) is 26.0 Å². The zero-order chi connectivity index (χ0) is 18.4. The molecule has 0 N–H and O–H groups in total. The topological polar surface area (TPSA) is 38.8 Å². The van der Waals surface area contributed by atoms with E-state index in [1.165, 1.54) is 38.5 Å². The minimum atomic E-state index is -0.0987. The Morgan fingerprint density at radius 3 is 2.41 bits per heavy atom. The zero-order valence-corrected chi connectivity index (χ0v) is 16.9. The van der Waals surface area contributed by atoms with Crippen molar-refractivity contribution in [1.29, 1.82) is 0 Å². The van der Waals surface area contributed by atoms with Crippen molar-refractivity contribution in [3.05, 3.63) is 24.3 Å². The largest absolute Gasteiger partial charge is 0.486 e. The van der Waals surface area contributed by atoms with E-state index in [2.05, 4.69) is 0 Å². The van der Waals surface area contributed by atoms with Crippen LogP contribution in [0.25, 0.3) is 0 Å². The van der Waals surface area contributed by atoms with Gasteiger partial charge in [0.05, 0.1) is 12.3 Å². The van der Waals surface area contributed by atoms with Crippen LogP contribution < -0.4 is 9.47 Å². The molecule has 1 heterocycles. The number of likely N-dealkylation sites (N-methyl/N-ethyl adjacent to an activating group) is 1. The maximum Gasteiger partial charge on any atom is 0.232 e. The lowest BCUT2D eigenvalue weighted by Crippen LogP contribution is -2.49. The van der Waals surface area contributed by atoms with Gasteiger partial charge in [0.25, 0.3) is 0 Å². The van der Waals surface area contributed by atoms with Crippen LogP contribution >= 0.6 is 11.8 Å². The van der Waals surface area contributed by atoms with Gasteiger partial charge in [-0.05, 0) is 68.4 Å². The fraction of sp³-hybridized carbons (Fsp3) is 0.682. The smallest absolute Gasteiger partial charge is 0.232 e. The summed E-state index contributed by atoms with van der Waals surface area (Å²) in [5.41, 5.74) is 0. The van der Waals surface area contributed by atoms with Crippen molar-refractivity contribution in [1.82, 2.24) is 4.90 Å². The summed E-state index contributed by atoms with van der Waals surface area (Å²) in [7, 11) is 1.90. The number of ether oxygens (including phenoxy) is 2. The minimum absolute atomic E-state index is 0.0987. The molecule has 1 aromatic rings. The minimum Gasteiger partial charge on any atom is -0.486 e. The molecule has 0 saturated heterocycles. The van der Waals surface area contributed by atoms with Gasteiger partial charge in [-0.25, -0.2) is 0 Å². The Hall–Kier alpha value is -1.36. The van der Waals surface area contributed by atoms with Crippen molar-refractivity contribution in [2.45, 2.75) is 49.4 Å². The van der Waals surface area contributed by atoms with Crippen LogP contribution in [0.2, 0.25) is 0 Å². The Morgan fingerprint density at radius 2 is 1.74 bits per heavy atom. The second kappa shape index (κ2) is 6.91. The summed E-state index contributed by atoms with van der Waals surface area (Å²) in [6.45, 7) is 1.07. The first-order valence-electron chi connectivity index (χ1n) is 10.3. The summed E-state index contributed by atoms with van der Waals surface area (Å²) < 4.78 is 12.2. The molecule has 4 aliphatic carbocycles. The number of carbonyl (C=O) groups excluding carboxylic acids is 1. The fourth-order valence-corrected chi connectivity index (χ4v) is 7.80. The lowest BCUT2D eigenvalue weighted by atomic mass is 9.56. The van der Waals surface area contributed by atoms with Crippen LogP contribution in [0.4, 0.5) is 0 Å². The van der Waals surface area contributed by atoms with Crippen LogP contribution in [0.5, 0.6) is 11.5 Å². The van der Waals surface area contributed by atoms with Gasteiger partial charge < -0.3 is 14.4 Å². The maximum absolute atomic E-state index is 12.8.